The summed E-state index contributed by atoms with van der Waals surface area (Å²) in [5, 5.41) is 7.83. The Hall–Kier alpha value is -1.97. The molecule has 0 unspecified atom stereocenters. The van der Waals surface area contributed by atoms with Crippen LogP contribution in [0.5, 0.6) is 0 Å². The van der Waals surface area contributed by atoms with Crippen molar-refractivity contribution in [2.24, 2.45) is 0 Å². The van der Waals surface area contributed by atoms with E-state index in [1.807, 2.05) is 38.1 Å². The number of aldehydes is 1. The Morgan fingerprint density at radius 2 is 2.12 bits per heavy atom. The van der Waals surface area contributed by atoms with Gasteiger partial charge in [0.1, 0.15) is 0 Å². The van der Waals surface area contributed by atoms with Gasteiger partial charge in [-0.15, -0.1) is 5.10 Å². The number of nitrogens with zero attached hydrogens (tertiary/aromatic N) is 3. The molecule has 1 aromatic heterocycles. The van der Waals surface area contributed by atoms with Crippen LogP contribution in [0.25, 0.3) is 11.3 Å². The van der Waals surface area contributed by atoms with E-state index in [9.17, 15) is 4.79 Å². The molecule has 0 radical (unpaired) electrons. The van der Waals surface area contributed by atoms with Gasteiger partial charge >= 0.3 is 0 Å². The Bertz CT molecular complexity index is 517. The van der Waals surface area contributed by atoms with E-state index in [1.165, 1.54) is 0 Å². The first-order valence-corrected chi connectivity index (χ1v) is 5.22. The molecule has 0 N–H and O–H groups in total. The molecule has 0 spiro atoms. The van der Waals surface area contributed by atoms with Crippen molar-refractivity contribution < 1.29 is 4.79 Å². The van der Waals surface area contributed by atoms with Gasteiger partial charge in [0.15, 0.2) is 12.0 Å². The summed E-state index contributed by atoms with van der Waals surface area (Å²) in [4.78, 5) is 10.9. The molecule has 0 atom stereocenters. The second-order valence-corrected chi connectivity index (χ2v) is 3.57. The zero-order valence-corrected chi connectivity index (χ0v) is 9.34. The Kier molecular flexibility index (Phi) is 2.81. The summed E-state index contributed by atoms with van der Waals surface area (Å²) >= 11 is 0. The lowest BCUT2D eigenvalue weighted by Gasteiger charge is -2.07. The Morgan fingerprint density at radius 3 is 2.75 bits per heavy atom. The van der Waals surface area contributed by atoms with Crippen LogP contribution in [0.4, 0.5) is 0 Å². The van der Waals surface area contributed by atoms with Crippen LogP contribution in [0.2, 0.25) is 0 Å². The Labute approximate surface area is 93.9 Å². The number of rotatable bonds is 3. The highest BCUT2D eigenvalue weighted by atomic mass is 16.1. The van der Waals surface area contributed by atoms with Crippen LogP contribution in [0.1, 0.15) is 23.0 Å². The van der Waals surface area contributed by atoms with Crippen LogP contribution < -0.4 is 0 Å². The largest absolute Gasteiger partial charge is 0.296 e. The molecule has 82 valence electrons. The minimum atomic E-state index is 0.399. The van der Waals surface area contributed by atoms with Gasteiger partial charge in [0.05, 0.1) is 5.69 Å². The average Bonchev–Trinajstić information content (AvgIpc) is 2.72. The molecule has 4 nitrogen and oxygen atoms in total. The van der Waals surface area contributed by atoms with E-state index >= 15 is 0 Å². The summed E-state index contributed by atoms with van der Waals surface area (Å²) < 4.78 is 1.74. The van der Waals surface area contributed by atoms with Crippen molar-refractivity contribution in [2.75, 3.05) is 0 Å². The first kappa shape index (κ1) is 10.5. The number of carbonyl (C=O) groups excluding carboxylic acids is 1. The van der Waals surface area contributed by atoms with E-state index in [4.69, 9.17) is 0 Å². The fourth-order valence-corrected chi connectivity index (χ4v) is 1.74. The minimum absolute atomic E-state index is 0.399. The van der Waals surface area contributed by atoms with Crippen molar-refractivity contribution in [2.45, 2.75) is 20.4 Å². The minimum Gasteiger partial charge on any atom is -0.296 e. The fraction of sp³-hybridized carbons (Fsp3) is 0.250. The highest BCUT2D eigenvalue weighted by Crippen LogP contribution is 2.24. The first-order valence-electron chi connectivity index (χ1n) is 5.22. The van der Waals surface area contributed by atoms with E-state index in [2.05, 4.69) is 10.3 Å². The third-order valence-electron chi connectivity index (χ3n) is 2.57. The number of aryl methyl sites for hydroxylation is 2. The fourth-order valence-electron chi connectivity index (χ4n) is 1.74. The van der Waals surface area contributed by atoms with E-state index in [0.29, 0.717) is 12.2 Å². The predicted octanol–water partition coefficient (Wildman–Crippen LogP) is 2.09. The number of hydrogen-bond acceptors (Lipinski definition) is 3. The van der Waals surface area contributed by atoms with Crippen LogP contribution >= 0.6 is 0 Å². The van der Waals surface area contributed by atoms with Gasteiger partial charge in [-0.25, -0.2) is 4.68 Å². The predicted molar refractivity (Wildman–Crippen MR) is 61.3 cm³/mol. The molecule has 1 heterocycles. The molecular formula is C12H13N3O. The summed E-state index contributed by atoms with van der Waals surface area (Å²) in [5.74, 6) is 0. The van der Waals surface area contributed by atoms with Crippen LogP contribution in [0, 0.1) is 6.92 Å². The molecule has 0 saturated carbocycles. The number of carbonyl (C=O) groups is 1. The number of aromatic nitrogens is 3. The van der Waals surface area contributed by atoms with Crippen molar-refractivity contribution in [3.05, 3.63) is 35.5 Å². The maximum Gasteiger partial charge on any atom is 0.172 e. The second kappa shape index (κ2) is 4.26. The van der Waals surface area contributed by atoms with Gasteiger partial charge in [0, 0.05) is 12.1 Å². The molecule has 16 heavy (non-hydrogen) atoms. The van der Waals surface area contributed by atoms with Crippen LogP contribution in [0.3, 0.4) is 0 Å². The quantitative estimate of drug-likeness (QED) is 0.736. The van der Waals surface area contributed by atoms with Crippen molar-refractivity contribution in [3.63, 3.8) is 0 Å². The highest BCUT2D eigenvalue weighted by molar-refractivity contribution is 5.84. The lowest BCUT2D eigenvalue weighted by atomic mass is 10.0. The van der Waals surface area contributed by atoms with E-state index in [0.717, 1.165) is 23.1 Å². The van der Waals surface area contributed by atoms with Crippen molar-refractivity contribution >= 4 is 6.29 Å². The molecule has 1 aromatic carbocycles. The van der Waals surface area contributed by atoms with E-state index in [-0.39, 0.29) is 0 Å². The lowest BCUT2D eigenvalue weighted by molar-refractivity contribution is 0.111. The van der Waals surface area contributed by atoms with Gasteiger partial charge in [0.25, 0.3) is 0 Å². The topological polar surface area (TPSA) is 47.8 Å². The molecule has 0 aliphatic carbocycles. The maximum absolute atomic E-state index is 10.9. The Morgan fingerprint density at radius 1 is 1.38 bits per heavy atom. The normalized spacial score (nSPS) is 10.4. The smallest absolute Gasteiger partial charge is 0.172 e. The summed E-state index contributed by atoms with van der Waals surface area (Å²) in [6.07, 6.45) is 0.751. The SMILES string of the molecule is CCn1nnc(C=O)c1-c1ccccc1C. The van der Waals surface area contributed by atoms with Crippen molar-refractivity contribution in [1.29, 1.82) is 0 Å². The second-order valence-electron chi connectivity index (χ2n) is 3.57. The molecule has 4 heteroatoms. The first-order chi connectivity index (χ1) is 7.77. The summed E-state index contributed by atoms with van der Waals surface area (Å²) in [5.41, 5.74) is 3.32. The van der Waals surface area contributed by atoms with Crippen LogP contribution in [-0.4, -0.2) is 21.3 Å². The van der Waals surface area contributed by atoms with Gasteiger partial charge in [-0.3, -0.25) is 4.79 Å². The lowest BCUT2D eigenvalue weighted by Crippen LogP contribution is -2.01. The van der Waals surface area contributed by atoms with Gasteiger partial charge < -0.3 is 0 Å². The van der Waals surface area contributed by atoms with Gasteiger partial charge in [-0.1, -0.05) is 29.5 Å². The molecule has 2 aromatic rings. The maximum atomic E-state index is 10.9. The van der Waals surface area contributed by atoms with Crippen molar-refractivity contribution in [3.8, 4) is 11.3 Å². The van der Waals surface area contributed by atoms with Gasteiger partial charge in [-0.05, 0) is 19.4 Å². The molecular weight excluding hydrogens is 202 g/mol. The van der Waals surface area contributed by atoms with Crippen molar-refractivity contribution in [1.82, 2.24) is 15.0 Å². The Balaban J connectivity index is 2.67. The zero-order chi connectivity index (χ0) is 11.5. The van der Waals surface area contributed by atoms with Gasteiger partial charge in [-0.2, -0.15) is 0 Å². The monoisotopic (exact) mass is 215 g/mol. The molecule has 0 aliphatic heterocycles. The standard InChI is InChI=1S/C12H13N3O/c1-3-15-12(11(8-16)13-14-15)10-7-5-4-6-9(10)2/h4-8H,3H2,1-2H3. The zero-order valence-electron chi connectivity index (χ0n) is 9.34. The molecule has 0 aliphatic rings. The summed E-state index contributed by atoms with van der Waals surface area (Å²) in [7, 11) is 0. The number of hydrogen-bond donors (Lipinski definition) is 0. The highest BCUT2D eigenvalue weighted by Gasteiger charge is 2.14. The van der Waals surface area contributed by atoms with E-state index < -0.39 is 0 Å². The molecule has 2 rings (SSSR count). The van der Waals surface area contributed by atoms with Gasteiger partial charge in [0.2, 0.25) is 0 Å². The third-order valence-corrected chi connectivity index (χ3v) is 2.57. The average molecular weight is 215 g/mol. The molecule has 0 amide bonds. The number of benzene rings is 1. The molecule has 0 fully saturated rings. The summed E-state index contributed by atoms with van der Waals surface area (Å²) in [6.45, 7) is 4.69. The third kappa shape index (κ3) is 1.62. The van der Waals surface area contributed by atoms with E-state index in [1.54, 1.807) is 4.68 Å². The molecule has 0 bridgehead atoms. The van der Waals surface area contributed by atoms with Crippen LogP contribution in [-0.2, 0) is 6.54 Å². The van der Waals surface area contributed by atoms with Crippen LogP contribution in [0.15, 0.2) is 24.3 Å². The molecule has 0 saturated heterocycles. The summed E-state index contributed by atoms with van der Waals surface area (Å²) in [6, 6.07) is 7.91.